The molecule has 0 saturated carbocycles. The van der Waals surface area contributed by atoms with Gasteiger partial charge in [-0.15, -0.1) is 5.10 Å². The van der Waals surface area contributed by atoms with E-state index >= 15 is 0 Å². The number of amides is 1. The summed E-state index contributed by atoms with van der Waals surface area (Å²) < 4.78 is 1.04. The number of primary amides is 1. The van der Waals surface area contributed by atoms with Crippen molar-refractivity contribution < 1.29 is 9.72 Å². The normalized spacial score (nSPS) is 9.84. The van der Waals surface area contributed by atoms with Crippen LogP contribution in [0.3, 0.4) is 0 Å². The van der Waals surface area contributed by atoms with Crippen molar-refractivity contribution in [2.45, 2.75) is 0 Å². The van der Waals surface area contributed by atoms with Crippen molar-refractivity contribution >= 4 is 11.6 Å². The molecule has 9 heteroatoms. The third-order valence-corrected chi connectivity index (χ3v) is 2.30. The van der Waals surface area contributed by atoms with Crippen LogP contribution in [0.1, 0.15) is 16.2 Å². The highest BCUT2D eigenvalue weighted by Gasteiger charge is 2.18. The molecular formula is C10H6N6O3. The molecule has 0 aliphatic heterocycles. The molecule has 1 amide bonds. The summed E-state index contributed by atoms with van der Waals surface area (Å²) in [6.07, 6.45) is 1.14. The molecule has 1 heterocycles. The Balaban J connectivity index is 2.64. The first-order chi connectivity index (χ1) is 9.02. The highest BCUT2D eigenvalue weighted by molar-refractivity contribution is 5.93. The second-order valence-corrected chi connectivity index (χ2v) is 3.45. The number of rotatable bonds is 3. The van der Waals surface area contributed by atoms with E-state index in [1.54, 1.807) is 6.07 Å². The Morgan fingerprint density at radius 2 is 2.26 bits per heavy atom. The van der Waals surface area contributed by atoms with Crippen LogP contribution in [0, 0.1) is 21.4 Å². The molecule has 9 nitrogen and oxygen atoms in total. The minimum atomic E-state index is -0.725. The van der Waals surface area contributed by atoms with Crippen LogP contribution in [0.5, 0.6) is 0 Å². The van der Waals surface area contributed by atoms with Gasteiger partial charge in [0.05, 0.1) is 4.92 Å². The van der Waals surface area contributed by atoms with Gasteiger partial charge in [0.25, 0.3) is 11.5 Å². The number of nitro groups is 1. The Kier molecular flexibility index (Phi) is 2.91. The van der Waals surface area contributed by atoms with Crippen molar-refractivity contribution in [2.24, 2.45) is 5.73 Å². The SMILES string of the molecule is N#Cc1ncn(-c2cc(C(N)=O)ccc2[N+](=O)[O-])n1. The Bertz CT molecular complexity index is 714. The molecule has 2 rings (SSSR count). The number of nitro benzene ring substituents is 1. The summed E-state index contributed by atoms with van der Waals surface area (Å²) >= 11 is 0. The number of hydrogen-bond acceptors (Lipinski definition) is 6. The predicted octanol–water partition coefficient (Wildman–Crippen LogP) is 0.146. The van der Waals surface area contributed by atoms with Gasteiger partial charge in [-0.1, -0.05) is 0 Å². The largest absolute Gasteiger partial charge is 0.366 e. The Labute approximate surface area is 106 Å². The fraction of sp³-hybridized carbons (Fsp3) is 0. The maximum atomic E-state index is 11.1. The number of nitrogens with two attached hydrogens (primary N) is 1. The van der Waals surface area contributed by atoms with Crippen molar-refractivity contribution in [1.29, 1.82) is 5.26 Å². The highest BCUT2D eigenvalue weighted by Crippen LogP contribution is 2.23. The van der Waals surface area contributed by atoms with Crippen LogP contribution in [0.25, 0.3) is 5.69 Å². The molecule has 0 unspecified atom stereocenters. The van der Waals surface area contributed by atoms with Gasteiger partial charge in [0.15, 0.2) is 0 Å². The third-order valence-electron chi connectivity index (χ3n) is 2.30. The van der Waals surface area contributed by atoms with Gasteiger partial charge in [-0.05, 0) is 12.1 Å². The van der Waals surface area contributed by atoms with E-state index in [9.17, 15) is 14.9 Å². The van der Waals surface area contributed by atoms with Crippen LogP contribution in [-0.2, 0) is 0 Å². The Morgan fingerprint density at radius 3 is 2.79 bits per heavy atom. The van der Waals surface area contributed by atoms with E-state index in [-0.39, 0.29) is 22.8 Å². The number of carbonyl (C=O) groups excluding carboxylic acids is 1. The number of nitriles is 1. The molecule has 2 N–H and O–H groups in total. The van der Waals surface area contributed by atoms with Crippen molar-refractivity contribution in [2.75, 3.05) is 0 Å². The molecule has 0 saturated heterocycles. The molecule has 0 aliphatic carbocycles. The molecule has 0 atom stereocenters. The summed E-state index contributed by atoms with van der Waals surface area (Å²) in [6, 6.07) is 5.30. The summed E-state index contributed by atoms with van der Waals surface area (Å²) in [5.41, 5.74) is 4.94. The number of benzene rings is 1. The standard InChI is InChI=1S/C10H6N6O3/c11-4-9-13-5-15(14-9)8-3-6(10(12)17)1-2-7(8)16(18)19/h1-3,5H,(H2,12,17). The van der Waals surface area contributed by atoms with Crippen molar-refractivity contribution in [3.63, 3.8) is 0 Å². The summed E-state index contributed by atoms with van der Waals surface area (Å²) in [5.74, 6) is -0.865. The summed E-state index contributed by atoms with van der Waals surface area (Å²) in [4.78, 5) is 25.0. The van der Waals surface area contributed by atoms with Crippen molar-refractivity contribution in [3.8, 4) is 11.8 Å². The van der Waals surface area contributed by atoms with Crippen LogP contribution < -0.4 is 5.73 Å². The number of nitrogens with zero attached hydrogens (tertiary/aromatic N) is 5. The molecule has 0 bridgehead atoms. The number of hydrogen-bond donors (Lipinski definition) is 1. The Morgan fingerprint density at radius 1 is 1.53 bits per heavy atom. The predicted molar refractivity (Wildman–Crippen MR) is 61.2 cm³/mol. The van der Waals surface area contributed by atoms with E-state index in [4.69, 9.17) is 11.0 Å². The highest BCUT2D eigenvalue weighted by atomic mass is 16.6. The van der Waals surface area contributed by atoms with E-state index in [0.29, 0.717) is 0 Å². The lowest BCUT2D eigenvalue weighted by atomic mass is 10.1. The van der Waals surface area contributed by atoms with Crippen LogP contribution in [0.4, 0.5) is 5.69 Å². The van der Waals surface area contributed by atoms with Crippen molar-refractivity contribution in [3.05, 3.63) is 46.0 Å². The monoisotopic (exact) mass is 258 g/mol. The Hall–Kier alpha value is -3.28. The summed E-state index contributed by atoms with van der Waals surface area (Å²) in [5, 5.41) is 23.3. The molecule has 0 radical (unpaired) electrons. The van der Waals surface area contributed by atoms with Gasteiger partial charge in [0.2, 0.25) is 5.91 Å². The van der Waals surface area contributed by atoms with Gasteiger partial charge < -0.3 is 5.73 Å². The van der Waals surface area contributed by atoms with E-state index in [1.165, 1.54) is 12.1 Å². The molecule has 1 aromatic carbocycles. The zero-order valence-corrected chi connectivity index (χ0v) is 9.35. The molecule has 0 fully saturated rings. The van der Waals surface area contributed by atoms with Gasteiger partial charge in [0.1, 0.15) is 18.1 Å². The second kappa shape index (κ2) is 4.53. The zero-order valence-electron chi connectivity index (χ0n) is 9.35. The molecule has 19 heavy (non-hydrogen) atoms. The smallest absolute Gasteiger partial charge is 0.294 e. The molecule has 0 spiro atoms. The van der Waals surface area contributed by atoms with E-state index < -0.39 is 10.8 Å². The lowest BCUT2D eigenvalue weighted by Gasteiger charge is -2.03. The first-order valence-corrected chi connectivity index (χ1v) is 4.93. The van der Waals surface area contributed by atoms with E-state index in [0.717, 1.165) is 17.1 Å². The van der Waals surface area contributed by atoms with Gasteiger partial charge in [0, 0.05) is 11.6 Å². The zero-order chi connectivity index (χ0) is 14.0. The maximum Gasteiger partial charge on any atom is 0.294 e. The number of aromatic nitrogens is 3. The van der Waals surface area contributed by atoms with Gasteiger partial charge in [-0.2, -0.15) is 5.26 Å². The average Bonchev–Trinajstić information content (AvgIpc) is 2.86. The fourth-order valence-corrected chi connectivity index (χ4v) is 1.44. The maximum absolute atomic E-state index is 11.1. The molecule has 1 aromatic heterocycles. The molecular weight excluding hydrogens is 252 g/mol. The molecule has 0 aliphatic rings. The second-order valence-electron chi connectivity index (χ2n) is 3.45. The van der Waals surface area contributed by atoms with Crippen LogP contribution in [0.2, 0.25) is 0 Å². The van der Waals surface area contributed by atoms with Gasteiger partial charge >= 0.3 is 0 Å². The molecule has 2 aromatic rings. The van der Waals surface area contributed by atoms with E-state index in [1.807, 2.05) is 0 Å². The quantitative estimate of drug-likeness (QED) is 0.613. The van der Waals surface area contributed by atoms with Gasteiger partial charge in [-0.25, -0.2) is 9.67 Å². The number of carbonyl (C=O) groups is 1. The first-order valence-electron chi connectivity index (χ1n) is 4.93. The van der Waals surface area contributed by atoms with Gasteiger partial charge in [-0.3, -0.25) is 14.9 Å². The summed E-state index contributed by atoms with van der Waals surface area (Å²) in [6.45, 7) is 0. The average molecular weight is 258 g/mol. The topological polar surface area (TPSA) is 141 Å². The fourth-order valence-electron chi connectivity index (χ4n) is 1.44. The lowest BCUT2D eigenvalue weighted by molar-refractivity contribution is -0.384. The van der Waals surface area contributed by atoms with Crippen LogP contribution >= 0.6 is 0 Å². The van der Waals surface area contributed by atoms with E-state index in [2.05, 4.69) is 10.1 Å². The van der Waals surface area contributed by atoms with Crippen molar-refractivity contribution in [1.82, 2.24) is 14.8 Å². The molecule has 94 valence electrons. The van der Waals surface area contributed by atoms with Crippen LogP contribution in [0.15, 0.2) is 24.5 Å². The lowest BCUT2D eigenvalue weighted by Crippen LogP contribution is -2.12. The minimum Gasteiger partial charge on any atom is -0.366 e. The first kappa shape index (κ1) is 12.2. The minimum absolute atomic E-state index is 0.00954. The third kappa shape index (κ3) is 2.22. The summed E-state index contributed by atoms with van der Waals surface area (Å²) in [7, 11) is 0. The van der Waals surface area contributed by atoms with Crippen LogP contribution in [-0.4, -0.2) is 25.6 Å².